The second-order valence-corrected chi connectivity index (χ2v) is 8.05. The predicted octanol–water partition coefficient (Wildman–Crippen LogP) is 3.44. The van der Waals surface area contributed by atoms with E-state index in [-0.39, 0.29) is 29.4 Å². The predicted molar refractivity (Wildman–Crippen MR) is 106 cm³/mol. The topological polar surface area (TPSA) is 78.6 Å². The molecule has 0 radical (unpaired) electrons. The molecule has 0 aromatic carbocycles. The molecule has 7 heteroatoms. The van der Waals surface area contributed by atoms with Crippen LogP contribution < -0.4 is 4.74 Å². The third-order valence-corrected chi connectivity index (χ3v) is 6.24. The largest absolute Gasteiger partial charge is 0.472 e. The maximum absolute atomic E-state index is 11.8. The number of ketones is 1. The monoisotopic (exact) mass is 398 g/mol. The lowest BCUT2D eigenvalue weighted by atomic mass is 9.79. The minimum atomic E-state index is -0.135. The highest BCUT2D eigenvalue weighted by atomic mass is 35.5. The van der Waals surface area contributed by atoms with Gasteiger partial charge in [-0.25, -0.2) is 4.98 Å². The molecular weight excluding hydrogens is 376 g/mol. The molecule has 0 amide bonds. The van der Waals surface area contributed by atoms with Gasteiger partial charge in [-0.1, -0.05) is 11.6 Å². The Morgan fingerprint density at radius 1 is 1.25 bits per heavy atom. The van der Waals surface area contributed by atoms with Crippen molar-refractivity contribution in [2.75, 3.05) is 19.6 Å². The number of Topliss-reactive ketones (excluding diaryl/α,β-unsaturated/α-hetero) is 1. The van der Waals surface area contributed by atoms with Crippen LogP contribution in [0.4, 0.5) is 0 Å². The van der Waals surface area contributed by atoms with Crippen LogP contribution in [0.5, 0.6) is 5.88 Å². The van der Waals surface area contributed by atoms with E-state index < -0.39 is 0 Å². The van der Waals surface area contributed by atoms with E-state index in [1.54, 1.807) is 12.4 Å². The summed E-state index contributed by atoms with van der Waals surface area (Å²) in [6.45, 7) is 1.56. The minimum Gasteiger partial charge on any atom is -0.472 e. The average molecular weight is 399 g/mol. The van der Waals surface area contributed by atoms with Gasteiger partial charge in [-0.2, -0.15) is 5.26 Å². The summed E-state index contributed by atoms with van der Waals surface area (Å²) < 4.78 is 6.13. The van der Waals surface area contributed by atoms with Crippen LogP contribution in [0.2, 0.25) is 0 Å². The van der Waals surface area contributed by atoms with Crippen molar-refractivity contribution in [1.82, 2.24) is 9.88 Å². The lowest BCUT2D eigenvalue weighted by Gasteiger charge is -2.25. The number of aromatic nitrogens is 1. The molecule has 6 nitrogen and oxygen atoms in total. The third kappa shape index (κ3) is 4.05. The molecule has 0 unspecified atom stereocenters. The van der Waals surface area contributed by atoms with Crippen LogP contribution in [0, 0.1) is 17.2 Å². The van der Waals surface area contributed by atoms with Crippen LogP contribution >= 0.6 is 11.6 Å². The molecule has 0 N–H and O–H groups in total. The molecule has 1 aliphatic carbocycles. The van der Waals surface area contributed by atoms with E-state index >= 15 is 0 Å². The number of carbonyl (C=O) groups excluding carboxylic acids is 1. The molecule has 4 rings (SSSR count). The minimum absolute atomic E-state index is 0.000490. The van der Waals surface area contributed by atoms with Gasteiger partial charge in [-0.15, -0.1) is 0 Å². The van der Waals surface area contributed by atoms with Crippen LogP contribution in [0.25, 0.3) is 0 Å². The lowest BCUT2D eigenvalue weighted by molar-refractivity contribution is -0.113. The SMILES string of the molecule is N#CC1CCC(c2ccnc(O[C@@H]3CCN(C4=C(Cl)C(=O)CN=C4)C3)c2)CC1. The highest BCUT2D eigenvalue weighted by Gasteiger charge is 2.29. The quantitative estimate of drug-likeness (QED) is 0.776. The number of halogens is 1. The van der Waals surface area contributed by atoms with Crippen molar-refractivity contribution >= 4 is 23.6 Å². The summed E-state index contributed by atoms with van der Waals surface area (Å²) in [5, 5.41) is 9.34. The molecule has 1 atom stereocenters. The normalized spacial score (nSPS) is 27.8. The Bertz CT molecular complexity index is 852. The highest BCUT2D eigenvalue weighted by Crippen LogP contribution is 2.36. The number of carbonyl (C=O) groups is 1. The van der Waals surface area contributed by atoms with Crippen molar-refractivity contribution in [1.29, 1.82) is 5.26 Å². The second kappa shape index (κ2) is 8.32. The maximum atomic E-state index is 11.8. The first-order valence-corrected chi connectivity index (χ1v) is 10.2. The zero-order valence-corrected chi connectivity index (χ0v) is 16.4. The van der Waals surface area contributed by atoms with E-state index in [0.29, 0.717) is 24.0 Å². The number of aliphatic imine (C=N–C) groups is 1. The van der Waals surface area contributed by atoms with Gasteiger partial charge in [0.05, 0.1) is 18.3 Å². The molecule has 2 fully saturated rings. The van der Waals surface area contributed by atoms with Crippen molar-refractivity contribution < 1.29 is 9.53 Å². The molecule has 0 bridgehead atoms. The summed E-state index contributed by atoms with van der Waals surface area (Å²) in [6.07, 6.45) is 8.34. The van der Waals surface area contributed by atoms with Crippen molar-refractivity contribution in [2.24, 2.45) is 10.9 Å². The van der Waals surface area contributed by atoms with Crippen molar-refractivity contribution in [3.05, 3.63) is 34.6 Å². The van der Waals surface area contributed by atoms with E-state index in [4.69, 9.17) is 21.6 Å². The molecule has 0 spiro atoms. The standard InChI is InChI=1S/C21H23ClN4O2/c22-21-18(11-24-12-19(21)27)26-8-6-17(13-26)28-20-9-16(5-7-25-20)15-3-1-14(10-23)2-4-15/h5,7,9,11,14-15,17H,1-4,6,8,12-13H2/t14?,15?,17-/m1/s1. The summed E-state index contributed by atoms with van der Waals surface area (Å²) in [5.74, 6) is 1.18. The van der Waals surface area contributed by atoms with Crippen molar-refractivity contribution in [3.8, 4) is 11.9 Å². The van der Waals surface area contributed by atoms with Gasteiger partial charge >= 0.3 is 0 Å². The number of nitriles is 1. The number of pyridine rings is 1. The molecule has 1 aromatic rings. The third-order valence-electron chi connectivity index (χ3n) is 5.83. The zero-order valence-electron chi connectivity index (χ0n) is 15.7. The Labute approximate surface area is 169 Å². The first-order valence-electron chi connectivity index (χ1n) is 9.84. The smallest absolute Gasteiger partial charge is 0.213 e. The molecule has 3 heterocycles. The van der Waals surface area contributed by atoms with Crippen molar-refractivity contribution in [3.63, 3.8) is 0 Å². The van der Waals surface area contributed by atoms with Gasteiger partial charge in [-0.05, 0) is 43.2 Å². The van der Waals surface area contributed by atoms with Gasteiger partial charge in [0.25, 0.3) is 0 Å². The van der Waals surface area contributed by atoms with E-state index in [0.717, 1.165) is 38.6 Å². The number of likely N-dealkylation sites (tertiary alicyclic amines) is 1. The molecule has 1 saturated carbocycles. The Balaban J connectivity index is 1.38. The molecule has 2 aliphatic heterocycles. The number of allylic oxidation sites excluding steroid dienone is 1. The first kappa shape index (κ1) is 18.9. The fraction of sp³-hybridized carbons (Fsp3) is 0.524. The molecule has 1 aromatic heterocycles. The zero-order chi connectivity index (χ0) is 19.5. The summed E-state index contributed by atoms with van der Waals surface area (Å²) >= 11 is 6.17. The highest BCUT2D eigenvalue weighted by molar-refractivity contribution is 6.44. The van der Waals surface area contributed by atoms with Crippen LogP contribution in [-0.2, 0) is 4.79 Å². The van der Waals surface area contributed by atoms with Gasteiger partial charge in [0.1, 0.15) is 17.7 Å². The Morgan fingerprint density at radius 3 is 2.86 bits per heavy atom. The molecule has 146 valence electrons. The fourth-order valence-corrected chi connectivity index (χ4v) is 4.45. The van der Waals surface area contributed by atoms with Crippen LogP contribution in [0.15, 0.2) is 34.1 Å². The number of rotatable bonds is 4. The molecule has 3 aliphatic rings. The van der Waals surface area contributed by atoms with E-state index in [2.05, 4.69) is 27.0 Å². The molecular formula is C21H23ClN4O2. The van der Waals surface area contributed by atoms with Crippen LogP contribution in [0.3, 0.4) is 0 Å². The summed E-state index contributed by atoms with van der Waals surface area (Å²) in [7, 11) is 0. The second-order valence-electron chi connectivity index (χ2n) is 7.67. The first-order chi connectivity index (χ1) is 13.6. The Kier molecular flexibility index (Phi) is 5.63. The number of hydrogen-bond acceptors (Lipinski definition) is 6. The van der Waals surface area contributed by atoms with Crippen molar-refractivity contribution in [2.45, 2.75) is 44.1 Å². The van der Waals surface area contributed by atoms with Gasteiger partial charge in [0, 0.05) is 37.4 Å². The summed E-state index contributed by atoms with van der Waals surface area (Å²) in [4.78, 5) is 22.3. The van der Waals surface area contributed by atoms with Gasteiger partial charge in [0.15, 0.2) is 5.78 Å². The Morgan fingerprint density at radius 2 is 2.07 bits per heavy atom. The number of dihydropyridines is 1. The number of hydrogen-bond donors (Lipinski definition) is 0. The van der Waals surface area contributed by atoms with E-state index in [9.17, 15) is 4.79 Å². The number of ether oxygens (including phenoxy) is 1. The van der Waals surface area contributed by atoms with E-state index in [1.165, 1.54) is 5.56 Å². The Hall–Kier alpha value is -2.39. The average Bonchev–Trinajstić information content (AvgIpc) is 3.18. The fourth-order valence-electron chi connectivity index (χ4n) is 4.22. The van der Waals surface area contributed by atoms with Gasteiger partial charge < -0.3 is 9.64 Å². The van der Waals surface area contributed by atoms with E-state index in [1.807, 2.05) is 6.07 Å². The lowest BCUT2D eigenvalue weighted by Crippen LogP contribution is -2.28. The number of nitrogens with zero attached hydrogens (tertiary/aromatic N) is 4. The molecule has 1 saturated heterocycles. The maximum Gasteiger partial charge on any atom is 0.213 e. The molecule has 28 heavy (non-hydrogen) atoms. The van der Waals surface area contributed by atoms with Crippen LogP contribution in [0.1, 0.15) is 43.6 Å². The van der Waals surface area contributed by atoms with Gasteiger partial charge in [-0.3, -0.25) is 9.79 Å². The summed E-state index contributed by atoms with van der Waals surface area (Å²) in [6, 6.07) is 6.48. The summed E-state index contributed by atoms with van der Waals surface area (Å²) in [5.41, 5.74) is 1.94. The van der Waals surface area contributed by atoms with Gasteiger partial charge in [0.2, 0.25) is 5.88 Å². The van der Waals surface area contributed by atoms with Crippen LogP contribution in [-0.4, -0.2) is 47.6 Å².